The molecule has 3 aromatic rings. The summed E-state index contributed by atoms with van der Waals surface area (Å²) in [5, 5.41) is 7.06. The molecule has 1 N–H and O–H groups in total. The molecule has 256 valence electrons. The third-order valence-corrected chi connectivity index (χ3v) is 9.14. The number of aromatic nitrogens is 3. The zero-order valence-electron chi connectivity index (χ0n) is 27.9. The molecule has 14 heteroatoms. The second-order valence-corrected chi connectivity index (χ2v) is 14.9. The van der Waals surface area contributed by atoms with E-state index < -0.39 is 16.7 Å². The summed E-state index contributed by atoms with van der Waals surface area (Å²) in [4.78, 5) is 65.7. The van der Waals surface area contributed by atoms with Crippen molar-refractivity contribution in [3.63, 3.8) is 0 Å². The van der Waals surface area contributed by atoms with E-state index in [-0.39, 0.29) is 35.7 Å². The van der Waals surface area contributed by atoms with Gasteiger partial charge in [-0.05, 0) is 99.9 Å². The zero-order chi connectivity index (χ0) is 34.3. The summed E-state index contributed by atoms with van der Waals surface area (Å²) in [6, 6.07) is 9.68. The van der Waals surface area contributed by atoms with E-state index in [0.717, 1.165) is 59.3 Å². The van der Waals surface area contributed by atoms with E-state index in [1.165, 1.54) is 0 Å². The van der Waals surface area contributed by atoms with Crippen molar-refractivity contribution in [1.82, 2.24) is 24.8 Å². The first kappa shape index (κ1) is 35.5. The van der Waals surface area contributed by atoms with E-state index in [0.29, 0.717) is 24.8 Å². The van der Waals surface area contributed by atoms with Crippen molar-refractivity contribution in [2.24, 2.45) is 5.92 Å². The third kappa shape index (κ3) is 9.84. The summed E-state index contributed by atoms with van der Waals surface area (Å²) in [6.45, 7) is 9.98. The van der Waals surface area contributed by atoms with Gasteiger partial charge in [0.05, 0.1) is 35.1 Å². The number of rotatable bonds is 12. The Morgan fingerprint density at radius 3 is 2.60 bits per heavy atom. The molecule has 2 aliphatic rings. The molecule has 1 aliphatic carbocycles. The Bertz CT molecular complexity index is 1600. The number of nitrogens with one attached hydrogen (secondary N) is 1. The lowest BCUT2D eigenvalue weighted by molar-refractivity contribution is -0.312. The number of thiophene rings is 1. The zero-order valence-corrected chi connectivity index (χ0v) is 29.5. The average molecular weight is 695 g/mol. The highest BCUT2D eigenvalue weighted by Gasteiger charge is 2.36. The number of carbonyl (C=O) groups is 3. The van der Waals surface area contributed by atoms with Crippen molar-refractivity contribution in [2.45, 2.75) is 84.5 Å². The Morgan fingerprint density at radius 1 is 1.10 bits per heavy atom. The predicted molar refractivity (Wildman–Crippen MR) is 186 cm³/mol. The van der Waals surface area contributed by atoms with Crippen LogP contribution >= 0.6 is 23.1 Å². The minimum Gasteiger partial charge on any atom is -0.444 e. The maximum atomic E-state index is 13.5. The Labute approximate surface area is 289 Å². The number of thioether (sulfide) groups is 1. The van der Waals surface area contributed by atoms with Crippen molar-refractivity contribution in [3.8, 4) is 11.3 Å². The van der Waals surface area contributed by atoms with Gasteiger partial charge in [0, 0.05) is 29.2 Å². The standard InChI is InChI=1S/C34H42N6O6S2/c1-22(2)19-44-45-21-40-30(41)29(48-33(40)43)17-25-13-15-35-31(38-25)37-24-9-11-27(12-10-24)39(32(42)46-34(3,4)5)18-26-7-6-8-28(36-26)23-14-16-47-20-23/h6-8,13-17,20,22,24,27H,9-12,18-19,21H2,1-5H3,(H,35,37,38)/b29-17-/t24-,27-. The largest absolute Gasteiger partial charge is 0.444 e. The number of pyridine rings is 1. The Kier molecular flexibility index (Phi) is 11.8. The van der Waals surface area contributed by atoms with E-state index in [2.05, 4.69) is 20.7 Å². The van der Waals surface area contributed by atoms with Crippen molar-refractivity contribution < 1.29 is 28.9 Å². The van der Waals surface area contributed by atoms with Gasteiger partial charge in [-0.25, -0.2) is 29.4 Å². The van der Waals surface area contributed by atoms with Gasteiger partial charge in [0.25, 0.3) is 11.1 Å². The topological polar surface area (TPSA) is 136 Å². The minimum atomic E-state index is -0.624. The molecule has 0 bridgehead atoms. The second kappa shape index (κ2) is 16.0. The van der Waals surface area contributed by atoms with Crippen LogP contribution in [0.3, 0.4) is 0 Å². The van der Waals surface area contributed by atoms with Gasteiger partial charge < -0.3 is 10.1 Å². The number of nitrogens with zero attached hydrogens (tertiary/aromatic N) is 5. The Hall–Kier alpha value is -3.85. The van der Waals surface area contributed by atoms with Crippen molar-refractivity contribution in [3.05, 3.63) is 63.6 Å². The number of carbonyl (C=O) groups excluding carboxylic acids is 3. The Balaban J connectivity index is 1.20. The lowest BCUT2D eigenvalue weighted by Gasteiger charge is -2.37. The predicted octanol–water partition coefficient (Wildman–Crippen LogP) is 7.36. The van der Waals surface area contributed by atoms with Gasteiger partial charge in [0.2, 0.25) is 5.95 Å². The minimum absolute atomic E-state index is 0.0212. The van der Waals surface area contributed by atoms with Crippen LogP contribution in [-0.4, -0.2) is 73.0 Å². The van der Waals surface area contributed by atoms with Crippen LogP contribution in [0.2, 0.25) is 0 Å². The summed E-state index contributed by atoms with van der Waals surface area (Å²) >= 11 is 2.45. The number of hydrogen-bond acceptors (Lipinski definition) is 12. The van der Waals surface area contributed by atoms with Gasteiger partial charge >= 0.3 is 6.09 Å². The van der Waals surface area contributed by atoms with Crippen LogP contribution in [-0.2, 0) is 25.9 Å². The second-order valence-electron chi connectivity index (χ2n) is 13.1. The lowest BCUT2D eigenvalue weighted by atomic mass is 9.90. The normalized spacial score (nSPS) is 19.3. The van der Waals surface area contributed by atoms with Gasteiger partial charge in [0.15, 0.2) is 6.73 Å². The summed E-state index contributed by atoms with van der Waals surface area (Å²) in [7, 11) is 0. The Morgan fingerprint density at radius 2 is 1.90 bits per heavy atom. The highest BCUT2D eigenvalue weighted by molar-refractivity contribution is 8.18. The fourth-order valence-corrected chi connectivity index (χ4v) is 6.69. The highest BCUT2D eigenvalue weighted by atomic mass is 32.2. The summed E-state index contributed by atoms with van der Waals surface area (Å²) in [5.41, 5.74) is 2.61. The fourth-order valence-electron chi connectivity index (χ4n) is 5.23. The maximum Gasteiger partial charge on any atom is 0.410 e. The van der Waals surface area contributed by atoms with E-state index in [1.807, 2.05) is 69.2 Å². The van der Waals surface area contributed by atoms with Gasteiger partial charge in [-0.3, -0.25) is 19.5 Å². The van der Waals surface area contributed by atoms with Crippen LogP contribution in [0, 0.1) is 5.92 Å². The molecular weight excluding hydrogens is 653 g/mol. The summed E-state index contributed by atoms with van der Waals surface area (Å²) < 4.78 is 5.83. The molecule has 12 nitrogen and oxygen atoms in total. The molecule has 0 aromatic carbocycles. The average Bonchev–Trinajstić information content (AvgIpc) is 3.66. The van der Waals surface area contributed by atoms with Crippen LogP contribution in [0.15, 0.2) is 52.2 Å². The monoisotopic (exact) mass is 694 g/mol. The van der Waals surface area contributed by atoms with Gasteiger partial charge in [-0.1, -0.05) is 19.9 Å². The summed E-state index contributed by atoms with van der Waals surface area (Å²) in [6.07, 6.45) is 5.94. The molecule has 48 heavy (non-hydrogen) atoms. The first-order valence-corrected chi connectivity index (χ1v) is 17.8. The van der Waals surface area contributed by atoms with Crippen molar-refractivity contribution in [2.75, 3.05) is 18.7 Å². The van der Waals surface area contributed by atoms with Crippen molar-refractivity contribution in [1.29, 1.82) is 0 Å². The van der Waals surface area contributed by atoms with E-state index in [1.54, 1.807) is 29.7 Å². The van der Waals surface area contributed by atoms with Gasteiger partial charge in [-0.15, -0.1) is 0 Å². The number of imide groups is 1. The molecular formula is C34H42N6O6S2. The first-order chi connectivity index (χ1) is 22.9. The molecule has 1 aliphatic heterocycles. The molecule has 0 unspecified atom stereocenters. The number of hydrogen-bond donors (Lipinski definition) is 1. The first-order valence-electron chi connectivity index (χ1n) is 16.0. The van der Waals surface area contributed by atoms with Crippen LogP contribution in [0.5, 0.6) is 0 Å². The molecule has 3 aromatic heterocycles. The summed E-state index contributed by atoms with van der Waals surface area (Å²) in [5.74, 6) is 0.216. The highest BCUT2D eigenvalue weighted by Crippen LogP contribution is 2.32. The fraction of sp³-hybridized carbons (Fsp3) is 0.471. The van der Waals surface area contributed by atoms with Gasteiger partial charge in [0.1, 0.15) is 5.60 Å². The molecule has 2 fully saturated rings. The van der Waals surface area contributed by atoms with E-state index in [4.69, 9.17) is 19.5 Å². The number of anilines is 1. The molecule has 0 radical (unpaired) electrons. The quantitative estimate of drug-likeness (QED) is 0.0882. The third-order valence-electron chi connectivity index (χ3n) is 7.55. The SMILES string of the molecule is CC(C)COOCN1C(=O)S/C(=C\c2ccnc(N[C@H]3CC[C@H](N(Cc4cccc(-c5ccsc5)n4)C(=O)OC(C)(C)C)CC3)n2)C1=O. The molecule has 1 saturated carbocycles. The molecule has 0 atom stereocenters. The number of ether oxygens (including phenoxy) is 1. The smallest absolute Gasteiger partial charge is 0.410 e. The number of amides is 3. The molecule has 1 saturated heterocycles. The lowest BCUT2D eigenvalue weighted by Crippen LogP contribution is -2.45. The molecule has 0 spiro atoms. The van der Waals surface area contributed by atoms with E-state index >= 15 is 0 Å². The van der Waals surface area contributed by atoms with Crippen LogP contribution in [0.25, 0.3) is 17.3 Å². The van der Waals surface area contributed by atoms with E-state index in [9.17, 15) is 14.4 Å². The van der Waals surface area contributed by atoms with Crippen LogP contribution in [0.1, 0.15) is 71.7 Å². The maximum absolute atomic E-state index is 13.5. The van der Waals surface area contributed by atoms with Crippen LogP contribution in [0.4, 0.5) is 15.5 Å². The van der Waals surface area contributed by atoms with Gasteiger partial charge in [-0.2, -0.15) is 11.3 Å². The van der Waals surface area contributed by atoms with Crippen molar-refractivity contribution >= 4 is 52.4 Å². The molecule has 3 amide bonds. The molecule has 5 rings (SSSR count). The molecule has 4 heterocycles. The van der Waals surface area contributed by atoms with Crippen LogP contribution < -0.4 is 5.32 Å².